The number of rotatable bonds is 14. The molecule has 0 aliphatic rings. The van der Waals surface area contributed by atoms with Crippen LogP contribution in [0.2, 0.25) is 0 Å². The highest BCUT2D eigenvalue weighted by molar-refractivity contribution is 6.09. The van der Waals surface area contributed by atoms with Crippen molar-refractivity contribution >= 4 is 29.3 Å². The fourth-order valence-corrected chi connectivity index (χ4v) is 5.24. The van der Waals surface area contributed by atoms with E-state index in [0.717, 1.165) is 16.7 Å². The lowest BCUT2D eigenvalue weighted by Crippen LogP contribution is -2.33. The molecule has 0 saturated heterocycles. The Morgan fingerprint density at radius 2 is 1.66 bits per heavy atom. The molecular formula is C41H44N4O8. The van der Waals surface area contributed by atoms with E-state index in [-0.39, 0.29) is 19.1 Å². The molecule has 0 bridgehead atoms. The van der Waals surface area contributed by atoms with Crippen LogP contribution in [-0.2, 0) is 11.3 Å². The largest absolute Gasteiger partial charge is 0.495 e. The summed E-state index contributed by atoms with van der Waals surface area (Å²) in [7, 11) is 3.15. The van der Waals surface area contributed by atoms with Crippen molar-refractivity contribution < 1.29 is 37.7 Å². The Labute approximate surface area is 309 Å². The number of hydrogen-bond donors (Lipinski definition) is 2. The highest BCUT2D eigenvalue weighted by Gasteiger charge is 2.21. The minimum Gasteiger partial charge on any atom is -0.495 e. The number of carbonyl (C=O) groups is 3. The maximum Gasteiger partial charge on any atom is 0.407 e. The van der Waals surface area contributed by atoms with Crippen molar-refractivity contribution in [2.45, 2.75) is 46.3 Å². The Kier molecular flexibility index (Phi) is 12.4. The van der Waals surface area contributed by atoms with Gasteiger partial charge in [0.25, 0.3) is 11.8 Å². The third kappa shape index (κ3) is 10.4. The molecule has 12 heteroatoms. The number of hydrogen-bond acceptors (Lipinski definition) is 9. The van der Waals surface area contributed by atoms with Gasteiger partial charge in [0.15, 0.2) is 0 Å². The van der Waals surface area contributed by atoms with E-state index < -0.39 is 17.6 Å². The molecule has 0 aliphatic carbocycles. The van der Waals surface area contributed by atoms with Crippen LogP contribution in [0.3, 0.4) is 0 Å². The van der Waals surface area contributed by atoms with E-state index in [1.165, 1.54) is 18.3 Å². The van der Waals surface area contributed by atoms with Gasteiger partial charge in [0, 0.05) is 24.7 Å². The number of benzene rings is 4. The number of para-hydroxylation sites is 1. The number of amides is 3. The molecular weight excluding hydrogens is 676 g/mol. The normalized spacial score (nSPS) is 11.0. The number of oxazole rings is 1. The maximum atomic E-state index is 13.8. The second-order valence-electron chi connectivity index (χ2n) is 13.2. The van der Waals surface area contributed by atoms with Crippen molar-refractivity contribution in [1.29, 1.82) is 0 Å². The van der Waals surface area contributed by atoms with Gasteiger partial charge < -0.3 is 38.9 Å². The van der Waals surface area contributed by atoms with Crippen molar-refractivity contribution in [1.82, 2.24) is 10.3 Å². The third-order valence-corrected chi connectivity index (χ3v) is 7.88. The lowest BCUT2D eigenvalue weighted by Gasteiger charge is -2.22. The van der Waals surface area contributed by atoms with Crippen LogP contribution in [0.1, 0.15) is 59.0 Å². The van der Waals surface area contributed by atoms with E-state index in [1.807, 2.05) is 49.4 Å². The van der Waals surface area contributed by atoms with Gasteiger partial charge >= 0.3 is 6.09 Å². The second kappa shape index (κ2) is 17.3. The smallest absolute Gasteiger partial charge is 0.407 e. The van der Waals surface area contributed by atoms with Crippen LogP contribution in [0, 0.1) is 6.92 Å². The second-order valence-corrected chi connectivity index (χ2v) is 13.2. The average molecular weight is 721 g/mol. The monoisotopic (exact) mass is 720 g/mol. The molecule has 1 aromatic heterocycles. The summed E-state index contributed by atoms with van der Waals surface area (Å²) in [6, 6.07) is 25.1. The minimum absolute atomic E-state index is 0.263. The summed E-state index contributed by atoms with van der Waals surface area (Å²) in [6.07, 6.45) is 3.13. The maximum absolute atomic E-state index is 13.8. The predicted molar refractivity (Wildman–Crippen MR) is 202 cm³/mol. The van der Waals surface area contributed by atoms with Gasteiger partial charge in [-0.1, -0.05) is 30.3 Å². The Bertz CT molecular complexity index is 2020. The Hall–Kier alpha value is -6.30. The van der Waals surface area contributed by atoms with Crippen molar-refractivity contribution in [2.75, 3.05) is 37.5 Å². The number of anilines is 2. The summed E-state index contributed by atoms with van der Waals surface area (Å²) < 4.78 is 28.3. The van der Waals surface area contributed by atoms with Crippen LogP contribution in [0.15, 0.2) is 102 Å². The van der Waals surface area contributed by atoms with Crippen molar-refractivity contribution in [3.63, 3.8) is 0 Å². The fourth-order valence-electron chi connectivity index (χ4n) is 5.24. The highest BCUT2D eigenvalue weighted by atomic mass is 16.6. The number of nitrogens with one attached hydrogen (secondary N) is 2. The van der Waals surface area contributed by atoms with E-state index in [4.69, 9.17) is 23.4 Å². The van der Waals surface area contributed by atoms with E-state index in [0.29, 0.717) is 58.6 Å². The molecule has 0 unspecified atom stereocenters. The Morgan fingerprint density at radius 1 is 0.887 bits per heavy atom. The number of carbonyl (C=O) groups excluding carboxylic acids is 3. The summed E-state index contributed by atoms with van der Waals surface area (Å²) in [5, 5.41) is 5.56. The van der Waals surface area contributed by atoms with Crippen LogP contribution in [-0.4, -0.2) is 55.8 Å². The number of aryl methyl sites for hydroxylation is 1. The van der Waals surface area contributed by atoms with Gasteiger partial charge in [-0.05, 0) is 99.8 Å². The molecule has 0 aliphatic heterocycles. The van der Waals surface area contributed by atoms with Gasteiger partial charge in [-0.25, -0.2) is 9.78 Å². The van der Waals surface area contributed by atoms with Crippen LogP contribution >= 0.6 is 0 Å². The molecule has 5 rings (SSSR count). The first kappa shape index (κ1) is 37.9. The molecule has 3 amide bonds. The first-order valence-electron chi connectivity index (χ1n) is 17.1. The average Bonchev–Trinajstić information content (AvgIpc) is 3.68. The molecule has 53 heavy (non-hydrogen) atoms. The number of nitrogens with zero attached hydrogens (tertiary/aromatic N) is 2. The Balaban J connectivity index is 1.22. The molecule has 12 nitrogen and oxygen atoms in total. The van der Waals surface area contributed by atoms with Gasteiger partial charge in [-0.15, -0.1) is 0 Å². The quantitative estimate of drug-likeness (QED) is 0.109. The van der Waals surface area contributed by atoms with E-state index >= 15 is 0 Å². The topological polar surface area (TPSA) is 141 Å². The molecule has 1 heterocycles. The van der Waals surface area contributed by atoms with Crippen LogP contribution in [0.25, 0.3) is 11.5 Å². The van der Waals surface area contributed by atoms with Crippen LogP contribution < -0.4 is 29.7 Å². The van der Waals surface area contributed by atoms with Crippen molar-refractivity contribution in [3.8, 4) is 28.7 Å². The first-order valence-corrected chi connectivity index (χ1v) is 17.1. The zero-order valence-corrected chi connectivity index (χ0v) is 30.7. The molecule has 4 aromatic carbocycles. The molecule has 276 valence electrons. The number of ether oxygens (including phenoxy) is 4. The summed E-state index contributed by atoms with van der Waals surface area (Å²) in [4.78, 5) is 44.8. The highest BCUT2D eigenvalue weighted by Crippen LogP contribution is 2.33. The standard InChI is InChI=1S/C41H44N4O8/c1-27-12-19-33(36(24-27)52-26-28-13-15-29(16-14-28)38-42-21-23-51-38)45(5)39(47)30-17-18-32(35(25-30)49-6)44-37(46)31-10-7-8-11-34(31)50-22-9-20-43-40(48)53-41(2,3)4/h7-8,10-19,21,23-25H,9,20,22,26H2,1-6H3,(H,43,48)(H,44,46). The summed E-state index contributed by atoms with van der Waals surface area (Å²) in [5.74, 6) is 1.06. The minimum atomic E-state index is -0.585. The van der Waals surface area contributed by atoms with Crippen molar-refractivity contribution in [2.24, 2.45) is 0 Å². The molecule has 0 fully saturated rings. The predicted octanol–water partition coefficient (Wildman–Crippen LogP) is 8.06. The van der Waals surface area contributed by atoms with Gasteiger partial charge in [-0.2, -0.15) is 0 Å². The van der Waals surface area contributed by atoms with Gasteiger partial charge in [0.1, 0.15) is 35.7 Å². The molecule has 0 spiro atoms. The summed E-state index contributed by atoms with van der Waals surface area (Å²) in [5.41, 5.74) is 3.81. The summed E-state index contributed by atoms with van der Waals surface area (Å²) in [6.45, 7) is 8.24. The molecule has 0 saturated carbocycles. The van der Waals surface area contributed by atoms with Gasteiger partial charge in [0.2, 0.25) is 5.89 Å². The zero-order chi connectivity index (χ0) is 38.0. The van der Waals surface area contributed by atoms with E-state index in [9.17, 15) is 14.4 Å². The summed E-state index contributed by atoms with van der Waals surface area (Å²) >= 11 is 0. The number of alkyl carbamates (subject to hydrolysis) is 1. The molecule has 0 atom stereocenters. The lowest BCUT2D eigenvalue weighted by molar-refractivity contribution is 0.0525. The number of aromatic nitrogens is 1. The number of methoxy groups -OCH3 is 1. The molecule has 0 radical (unpaired) electrons. The van der Waals surface area contributed by atoms with Crippen molar-refractivity contribution in [3.05, 3.63) is 120 Å². The van der Waals surface area contributed by atoms with Crippen LogP contribution in [0.5, 0.6) is 17.2 Å². The Morgan fingerprint density at radius 3 is 2.38 bits per heavy atom. The zero-order valence-electron chi connectivity index (χ0n) is 30.7. The fraction of sp³-hybridized carbons (Fsp3) is 0.268. The van der Waals surface area contributed by atoms with E-state index in [2.05, 4.69) is 15.6 Å². The van der Waals surface area contributed by atoms with Crippen LogP contribution in [0.4, 0.5) is 16.2 Å². The first-order chi connectivity index (χ1) is 25.4. The van der Waals surface area contributed by atoms with Gasteiger partial charge in [-0.3, -0.25) is 9.59 Å². The molecule has 5 aromatic rings. The van der Waals surface area contributed by atoms with E-state index in [1.54, 1.807) is 76.5 Å². The van der Waals surface area contributed by atoms with Gasteiger partial charge in [0.05, 0.1) is 36.9 Å². The SMILES string of the molecule is COc1cc(C(=O)N(C)c2ccc(C)cc2OCc2ccc(-c3ncco3)cc2)ccc1NC(=O)c1ccccc1OCCCNC(=O)OC(C)(C)C. The third-order valence-electron chi connectivity index (χ3n) is 7.88. The molecule has 2 N–H and O–H groups in total. The lowest BCUT2D eigenvalue weighted by atomic mass is 10.1.